The SMILES string of the molecule is CC(C)(F)CCNC(=O)Nc1ccc(Nc2ncnc3cc(OC[C@H]4CCOC4)cc(F)c23)cc1. The molecule has 35 heavy (non-hydrogen) atoms. The smallest absolute Gasteiger partial charge is 0.319 e. The number of carbonyl (C=O) groups excluding carboxylic acids is 1. The standard InChI is InChI=1S/C25H29F2N5O3/c1-25(2,27)8-9-28-24(33)32-18-5-3-17(4-6-18)31-23-22-20(26)11-19(12-21(22)29-15-30-23)35-14-16-7-10-34-13-16/h3-6,11-12,15-16H,7-10,13-14H2,1-2H3,(H2,28,32,33)(H,29,30,31)/t16-/m0/s1. The van der Waals surface area contributed by atoms with Crippen molar-refractivity contribution in [3.63, 3.8) is 0 Å². The van der Waals surface area contributed by atoms with E-state index in [2.05, 4.69) is 25.9 Å². The van der Waals surface area contributed by atoms with E-state index in [1.165, 1.54) is 26.2 Å². The summed E-state index contributed by atoms with van der Waals surface area (Å²) in [4.78, 5) is 20.4. The first-order valence-electron chi connectivity index (χ1n) is 11.5. The van der Waals surface area contributed by atoms with Crippen LogP contribution in [0.4, 0.5) is 30.8 Å². The lowest BCUT2D eigenvalue weighted by atomic mass is 10.1. The van der Waals surface area contributed by atoms with E-state index in [0.29, 0.717) is 47.6 Å². The number of benzene rings is 2. The molecule has 8 nitrogen and oxygen atoms in total. The molecule has 2 amide bonds. The van der Waals surface area contributed by atoms with Gasteiger partial charge in [0.15, 0.2) is 0 Å². The van der Waals surface area contributed by atoms with Crippen LogP contribution in [0.15, 0.2) is 42.7 Å². The number of nitrogens with one attached hydrogen (secondary N) is 3. The first-order chi connectivity index (χ1) is 16.8. The van der Waals surface area contributed by atoms with Crippen molar-refractivity contribution in [2.45, 2.75) is 32.4 Å². The Balaban J connectivity index is 1.39. The Morgan fingerprint density at radius 1 is 1.20 bits per heavy atom. The van der Waals surface area contributed by atoms with Gasteiger partial charge < -0.3 is 25.4 Å². The normalized spacial score (nSPS) is 15.7. The lowest BCUT2D eigenvalue weighted by Crippen LogP contribution is -2.32. The lowest BCUT2D eigenvalue weighted by Gasteiger charge is -2.15. The summed E-state index contributed by atoms with van der Waals surface area (Å²) in [5.41, 5.74) is 0.286. The van der Waals surface area contributed by atoms with Crippen LogP contribution in [0.5, 0.6) is 5.75 Å². The maximum absolute atomic E-state index is 15.0. The number of nitrogens with zero attached hydrogens (tertiary/aromatic N) is 2. The highest BCUT2D eigenvalue weighted by molar-refractivity contribution is 5.92. The van der Waals surface area contributed by atoms with Crippen molar-refractivity contribution in [3.8, 4) is 5.75 Å². The number of ether oxygens (including phenoxy) is 2. The maximum Gasteiger partial charge on any atom is 0.319 e. The molecule has 1 aromatic heterocycles. The zero-order valence-electron chi connectivity index (χ0n) is 19.7. The molecular weight excluding hydrogens is 456 g/mol. The zero-order chi connectivity index (χ0) is 24.8. The number of hydrogen-bond acceptors (Lipinski definition) is 6. The van der Waals surface area contributed by atoms with Crippen LogP contribution in [-0.4, -0.2) is 48.0 Å². The molecule has 186 valence electrons. The Morgan fingerprint density at radius 3 is 2.69 bits per heavy atom. The molecular formula is C25H29F2N5O3. The van der Waals surface area contributed by atoms with E-state index in [1.807, 2.05) is 0 Å². The van der Waals surface area contributed by atoms with Crippen molar-refractivity contribution in [1.82, 2.24) is 15.3 Å². The van der Waals surface area contributed by atoms with Crippen molar-refractivity contribution in [3.05, 3.63) is 48.5 Å². The first-order valence-corrected chi connectivity index (χ1v) is 11.5. The van der Waals surface area contributed by atoms with Gasteiger partial charge in [0.05, 0.1) is 24.1 Å². The molecule has 3 N–H and O–H groups in total. The minimum atomic E-state index is -1.34. The van der Waals surface area contributed by atoms with Crippen LogP contribution in [0.2, 0.25) is 0 Å². The Hall–Kier alpha value is -3.53. The third kappa shape index (κ3) is 6.98. The first kappa shape index (κ1) is 24.6. The van der Waals surface area contributed by atoms with Crippen LogP contribution in [0.25, 0.3) is 10.9 Å². The summed E-state index contributed by atoms with van der Waals surface area (Å²) in [6, 6.07) is 9.45. The fourth-order valence-electron chi connectivity index (χ4n) is 3.65. The van der Waals surface area contributed by atoms with Crippen molar-refractivity contribution in [2.75, 3.05) is 37.0 Å². The molecule has 0 spiro atoms. The highest BCUT2D eigenvalue weighted by atomic mass is 19.1. The summed E-state index contributed by atoms with van der Waals surface area (Å²) in [5.74, 6) is 0.544. The van der Waals surface area contributed by atoms with Gasteiger partial charge in [-0.2, -0.15) is 0 Å². The predicted octanol–water partition coefficient (Wildman–Crippen LogP) is 5.19. The number of hydrogen-bond donors (Lipinski definition) is 3. The second-order valence-electron chi connectivity index (χ2n) is 9.11. The number of aromatic nitrogens is 2. The fraction of sp³-hybridized carbons (Fsp3) is 0.400. The van der Waals surface area contributed by atoms with Gasteiger partial charge in [0.25, 0.3) is 0 Å². The van der Waals surface area contributed by atoms with Gasteiger partial charge in [-0.05, 0) is 51.0 Å². The molecule has 0 radical (unpaired) electrons. The van der Waals surface area contributed by atoms with Crippen LogP contribution in [0.1, 0.15) is 26.7 Å². The molecule has 0 aliphatic carbocycles. The lowest BCUT2D eigenvalue weighted by molar-refractivity contribution is 0.167. The molecule has 0 unspecified atom stereocenters. The van der Waals surface area contributed by atoms with E-state index in [9.17, 15) is 13.6 Å². The van der Waals surface area contributed by atoms with Crippen molar-refractivity contribution < 1.29 is 23.0 Å². The molecule has 1 atom stereocenters. The molecule has 2 heterocycles. The number of alkyl halides is 1. The van der Waals surface area contributed by atoms with Gasteiger partial charge >= 0.3 is 6.03 Å². The number of fused-ring (bicyclic) bond motifs is 1. The van der Waals surface area contributed by atoms with E-state index < -0.39 is 17.5 Å². The second kappa shape index (κ2) is 10.8. The zero-order valence-corrected chi connectivity index (χ0v) is 19.7. The van der Waals surface area contributed by atoms with E-state index in [4.69, 9.17) is 9.47 Å². The average Bonchev–Trinajstić information content (AvgIpc) is 3.32. The molecule has 1 fully saturated rings. The minimum absolute atomic E-state index is 0.218. The Kier molecular flexibility index (Phi) is 7.60. The number of urea groups is 1. The van der Waals surface area contributed by atoms with Gasteiger partial charge in [-0.3, -0.25) is 0 Å². The van der Waals surface area contributed by atoms with Crippen molar-refractivity contribution in [2.24, 2.45) is 5.92 Å². The minimum Gasteiger partial charge on any atom is -0.493 e. The van der Waals surface area contributed by atoms with Crippen LogP contribution in [0, 0.1) is 11.7 Å². The number of anilines is 3. The van der Waals surface area contributed by atoms with E-state index in [1.54, 1.807) is 30.3 Å². The summed E-state index contributed by atoms with van der Waals surface area (Å²) >= 11 is 0. The molecule has 1 aliphatic rings. The highest BCUT2D eigenvalue weighted by Gasteiger charge is 2.18. The largest absolute Gasteiger partial charge is 0.493 e. The number of carbonyl (C=O) groups is 1. The maximum atomic E-state index is 15.0. The molecule has 10 heteroatoms. The third-order valence-corrected chi connectivity index (χ3v) is 5.58. The predicted molar refractivity (Wildman–Crippen MR) is 130 cm³/mol. The number of rotatable bonds is 9. The van der Waals surface area contributed by atoms with Crippen LogP contribution in [-0.2, 0) is 4.74 Å². The summed E-state index contributed by atoms with van der Waals surface area (Å²) in [7, 11) is 0. The molecule has 3 aromatic rings. The molecule has 1 saturated heterocycles. The van der Waals surface area contributed by atoms with Crippen LogP contribution < -0.4 is 20.7 Å². The van der Waals surface area contributed by atoms with Gasteiger partial charge in [-0.15, -0.1) is 0 Å². The quantitative estimate of drug-likeness (QED) is 0.386. The van der Waals surface area contributed by atoms with E-state index in [0.717, 1.165) is 13.0 Å². The average molecular weight is 486 g/mol. The van der Waals surface area contributed by atoms with Crippen LogP contribution >= 0.6 is 0 Å². The van der Waals surface area contributed by atoms with E-state index in [-0.39, 0.29) is 18.4 Å². The Labute approximate surface area is 202 Å². The van der Waals surface area contributed by atoms with Gasteiger partial charge in [-0.1, -0.05) is 0 Å². The summed E-state index contributed by atoms with van der Waals surface area (Å²) in [5, 5.41) is 8.65. The Morgan fingerprint density at radius 2 is 1.97 bits per heavy atom. The summed E-state index contributed by atoms with van der Waals surface area (Å²) in [6.07, 6.45) is 2.51. The van der Waals surface area contributed by atoms with Gasteiger partial charge in [0.1, 0.15) is 29.4 Å². The van der Waals surface area contributed by atoms with Crippen molar-refractivity contribution >= 4 is 34.1 Å². The number of halogens is 2. The summed E-state index contributed by atoms with van der Waals surface area (Å²) < 4.78 is 39.6. The van der Waals surface area contributed by atoms with Gasteiger partial charge in [-0.25, -0.2) is 23.5 Å². The molecule has 0 saturated carbocycles. The van der Waals surface area contributed by atoms with Crippen molar-refractivity contribution in [1.29, 1.82) is 0 Å². The topological polar surface area (TPSA) is 97.4 Å². The van der Waals surface area contributed by atoms with Gasteiger partial charge in [0.2, 0.25) is 0 Å². The fourth-order valence-corrected chi connectivity index (χ4v) is 3.65. The number of amides is 2. The monoisotopic (exact) mass is 485 g/mol. The molecule has 4 rings (SSSR count). The highest BCUT2D eigenvalue weighted by Crippen LogP contribution is 2.30. The van der Waals surface area contributed by atoms with Gasteiger partial charge in [0, 0.05) is 42.6 Å². The Bertz CT molecular complexity index is 1160. The molecule has 1 aliphatic heterocycles. The van der Waals surface area contributed by atoms with E-state index >= 15 is 0 Å². The van der Waals surface area contributed by atoms with Crippen LogP contribution in [0.3, 0.4) is 0 Å². The molecule has 0 bridgehead atoms. The third-order valence-electron chi connectivity index (χ3n) is 5.58. The summed E-state index contributed by atoms with van der Waals surface area (Å²) in [6.45, 7) is 5.00. The second-order valence-corrected chi connectivity index (χ2v) is 9.11. The molecule has 2 aromatic carbocycles.